The number of anilines is 1. The number of thiocarbonyl (C=S) groups is 1. The van der Waals surface area contributed by atoms with Gasteiger partial charge in [-0.1, -0.05) is 12.2 Å². The molecule has 6 nitrogen and oxygen atoms in total. The van der Waals surface area contributed by atoms with E-state index < -0.39 is 10.0 Å². The minimum absolute atomic E-state index is 0.164. The van der Waals surface area contributed by atoms with Crippen molar-refractivity contribution in [3.63, 3.8) is 0 Å². The standard InChI is InChI=1S/C11H16N4O2S2/c12-10(18)8-6-7-2-1-3-9(7)15-11(8)14-4-5-19(13,16)17/h6H,1-5H2,(H2,12,18)(H,14,15)(H2,13,16,17). The van der Waals surface area contributed by atoms with Crippen molar-refractivity contribution in [1.82, 2.24) is 4.98 Å². The van der Waals surface area contributed by atoms with Crippen molar-refractivity contribution in [3.8, 4) is 0 Å². The summed E-state index contributed by atoms with van der Waals surface area (Å²) in [5.41, 5.74) is 8.52. The number of hydrogen-bond acceptors (Lipinski definition) is 5. The van der Waals surface area contributed by atoms with Gasteiger partial charge in [0.1, 0.15) is 10.8 Å². The molecular formula is C11H16N4O2S2. The van der Waals surface area contributed by atoms with Crippen molar-refractivity contribution in [2.75, 3.05) is 17.6 Å². The lowest BCUT2D eigenvalue weighted by molar-refractivity contribution is 0.598. The maximum Gasteiger partial charge on any atom is 0.210 e. The third-order valence-electron chi connectivity index (χ3n) is 3.00. The Bertz CT molecular complexity index is 613. The van der Waals surface area contributed by atoms with E-state index in [1.165, 1.54) is 5.56 Å². The van der Waals surface area contributed by atoms with E-state index in [-0.39, 0.29) is 17.3 Å². The monoisotopic (exact) mass is 300 g/mol. The van der Waals surface area contributed by atoms with Gasteiger partial charge in [-0.2, -0.15) is 0 Å². The summed E-state index contributed by atoms with van der Waals surface area (Å²) in [5.74, 6) is 0.375. The first kappa shape index (κ1) is 14.2. The molecule has 2 rings (SSSR count). The largest absolute Gasteiger partial charge is 0.389 e. The minimum atomic E-state index is -3.49. The predicted octanol–water partition coefficient (Wildman–Crippen LogP) is -0.0951. The number of nitrogens with one attached hydrogen (secondary N) is 1. The van der Waals surface area contributed by atoms with Crippen LogP contribution < -0.4 is 16.2 Å². The first-order valence-corrected chi connectivity index (χ1v) is 8.06. The lowest BCUT2D eigenvalue weighted by Gasteiger charge is -2.12. The van der Waals surface area contributed by atoms with Gasteiger partial charge in [0.2, 0.25) is 10.0 Å². The fraction of sp³-hybridized carbons (Fsp3) is 0.455. The van der Waals surface area contributed by atoms with Gasteiger partial charge in [-0.3, -0.25) is 0 Å². The van der Waals surface area contributed by atoms with E-state index in [1.54, 1.807) is 0 Å². The lowest BCUT2D eigenvalue weighted by Crippen LogP contribution is -2.24. The van der Waals surface area contributed by atoms with Crippen molar-refractivity contribution >= 4 is 33.0 Å². The first-order chi connectivity index (χ1) is 8.87. The molecule has 0 saturated heterocycles. The third kappa shape index (κ3) is 3.62. The van der Waals surface area contributed by atoms with E-state index in [0.717, 1.165) is 25.0 Å². The van der Waals surface area contributed by atoms with E-state index in [0.29, 0.717) is 11.4 Å². The van der Waals surface area contributed by atoms with Gasteiger partial charge in [0.15, 0.2) is 0 Å². The second-order valence-electron chi connectivity index (χ2n) is 4.50. The van der Waals surface area contributed by atoms with Crippen molar-refractivity contribution in [2.45, 2.75) is 19.3 Å². The number of nitrogens with zero attached hydrogens (tertiary/aromatic N) is 1. The number of rotatable bonds is 5. The lowest BCUT2D eigenvalue weighted by atomic mass is 10.1. The van der Waals surface area contributed by atoms with Crippen LogP contribution in [-0.2, 0) is 22.9 Å². The van der Waals surface area contributed by atoms with E-state index >= 15 is 0 Å². The van der Waals surface area contributed by atoms with Crippen LogP contribution in [0.5, 0.6) is 0 Å². The number of pyridine rings is 1. The number of hydrogen-bond donors (Lipinski definition) is 3. The number of fused-ring (bicyclic) bond motifs is 1. The maximum atomic E-state index is 10.9. The Morgan fingerprint density at radius 3 is 2.84 bits per heavy atom. The van der Waals surface area contributed by atoms with E-state index in [1.807, 2.05) is 6.07 Å². The van der Waals surface area contributed by atoms with E-state index in [9.17, 15) is 8.42 Å². The van der Waals surface area contributed by atoms with Gasteiger partial charge < -0.3 is 11.1 Å². The molecule has 0 atom stereocenters. The Morgan fingerprint density at radius 1 is 1.47 bits per heavy atom. The molecule has 1 aromatic heterocycles. The Labute approximate surface area is 117 Å². The van der Waals surface area contributed by atoms with Gasteiger partial charge in [-0.15, -0.1) is 0 Å². The molecule has 0 bridgehead atoms. The molecule has 1 aliphatic rings. The zero-order chi connectivity index (χ0) is 14.0. The quantitative estimate of drug-likeness (QED) is 0.655. The summed E-state index contributed by atoms with van der Waals surface area (Å²) in [4.78, 5) is 4.73. The third-order valence-corrected chi connectivity index (χ3v) is 3.99. The zero-order valence-corrected chi connectivity index (χ0v) is 12.0. The van der Waals surface area contributed by atoms with Gasteiger partial charge in [-0.25, -0.2) is 18.5 Å². The number of aromatic nitrogens is 1. The highest BCUT2D eigenvalue weighted by atomic mass is 32.2. The van der Waals surface area contributed by atoms with Crippen LogP contribution in [0, 0.1) is 0 Å². The molecule has 0 radical (unpaired) electrons. The predicted molar refractivity (Wildman–Crippen MR) is 78.6 cm³/mol. The molecule has 1 heterocycles. The van der Waals surface area contributed by atoms with E-state index in [2.05, 4.69) is 10.3 Å². The summed E-state index contributed by atoms with van der Waals surface area (Å²) in [6, 6.07) is 1.94. The normalized spacial score (nSPS) is 14.2. The van der Waals surface area contributed by atoms with Gasteiger partial charge in [0, 0.05) is 12.2 Å². The number of nitrogens with two attached hydrogens (primary N) is 2. The molecule has 0 aromatic carbocycles. The van der Waals surface area contributed by atoms with Crippen LogP contribution >= 0.6 is 12.2 Å². The van der Waals surface area contributed by atoms with Crippen LogP contribution in [0.1, 0.15) is 23.2 Å². The molecule has 5 N–H and O–H groups in total. The van der Waals surface area contributed by atoms with Gasteiger partial charge in [0.25, 0.3) is 0 Å². The zero-order valence-electron chi connectivity index (χ0n) is 10.3. The van der Waals surface area contributed by atoms with Crippen molar-refractivity contribution in [2.24, 2.45) is 10.9 Å². The molecule has 0 spiro atoms. The fourth-order valence-corrected chi connectivity index (χ4v) is 2.65. The highest BCUT2D eigenvalue weighted by molar-refractivity contribution is 7.89. The summed E-state index contributed by atoms with van der Waals surface area (Å²) in [6.07, 6.45) is 2.98. The Balaban J connectivity index is 2.21. The van der Waals surface area contributed by atoms with Crippen LogP contribution in [0.15, 0.2) is 6.07 Å². The summed E-state index contributed by atoms with van der Waals surface area (Å²) < 4.78 is 21.8. The second kappa shape index (κ2) is 5.40. The Morgan fingerprint density at radius 2 is 2.21 bits per heavy atom. The first-order valence-electron chi connectivity index (χ1n) is 5.94. The van der Waals surface area contributed by atoms with Crippen molar-refractivity contribution in [3.05, 3.63) is 22.9 Å². The highest BCUT2D eigenvalue weighted by Gasteiger charge is 2.17. The molecule has 0 aliphatic heterocycles. The maximum absolute atomic E-state index is 10.9. The SMILES string of the molecule is NC(=S)c1cc2c(nc1NCCS(N)(=O)=O)CCC2. The second-order valence-corrected chi connectivity index (χ2v) is 6.68. The highest BCUT2D eigenvalue weighted by Crippen LogP contribution is 2.25. The number of primary sulfonamides is 1. The molecule has 8 heteroatoms. The molecule has 0 unspecified atom stereocenters. The molecule has 0 amide bonds. The number of sulfonamides is 1. The van der Waals surface area contributed by atoms with Crippen LogP contribution in [0.25, 0.3) is 0 Å². The van der Waals surface area contributed by atoms with Crippen molar-refractivity contribution < 1.29 is 8.42 Å². The summed E-state index contributed by atoms with van der Waals surface area (Å²) in [6.45, 7) is 0.181. The van der Waals surface area contributed by atoms with Crippen LogP contribution in [0.4, 0.5) is 5.82 Å². The van der Waals surface area contributed by atoms with Gasteiger partial charge >= 0.3 is 0 Å². The Kier molecular flexibility index (Phi) is 4.02. The molecule has 1 aromatic rings. The van der Waals surface area contributed by atoms with Crippen LogP contribution in [-0.4, -0.2) is 30.7 Å². The molecule has 104 valence electrons. The van der Waals surface area contributed by atoms with Gasteiger partial charge in [-0.05, 0) is 30.9 Å². The topological polar surface area (TPSA) is 111 Å². The van der Waals surface area contributed by atoms with Crippen LogP contribution in [0.3, 0.4) is 0 Å². The van der Waals surface area contributed by atoms with Crippen LogP contribution in [0.2, 0.25) is 0 Å². The molecule has 0 fully saturated rings. The van der Waals surface area contributed by atoms with E-state index in [4.69, 9.17) is 23.1 Å². The summed E-state index contributed by atoms with van der Waals surface area (Å²) in [5, 5.41) is 7.89. The molecule has 1 aliphatic carbocycles. The molecule has 19 heavy (non-hydrogen) atoms. The fourth-order valence-electron chi connectivity index (χ4n) is 2.11. The Hall–Kier alpha value is -1.25. The summed E-state index contributed by atoms with van der Waals surface area (Å²) >= 11 is 5.00. The average Bonchev–Trinajstić information content (AvgIpc) is 2.72. The average molecular weight is 300 g/mol. The molecular weight excluding hydrogens is 284 g/mol. The smallest absolute Gasteiger partial charge is 0.210 e. The summed E-state index contributed by atoms with van der Waals surface area (Å²) in [7, 11) is -3.49. The number of aryl methyl sites for hydroxylation is 2. The minimum Gasteiger partial charge on any atom is -0.389 e. The van der Waals surface area contributed by atoms with Crippen molar-refractivity contribution in [1.29, 1.82) is 0 Å². The molecule has 0 saturated carbocycles. The van der Waals surface area contributed by atoms with Gasteiger partial charge in [0.05, 0.1) is 11.3 Å².